The third-order valence-electron chi connectivity index (χ3n) is 3.19. The highest BCUT2D eigenvalue weighted by Gasteiger charge is 2.28. The lowest BCUT2D eigenvalue weighted by atomic mass is 10.2. The number of halogens is 1. The van der Waals surface area contributed by atoms with Crippen LogP contribution in [0.15, 0.2) is 32.6 Å². The molecule has 106 valence electrons. The summed E-state index contributed by atoms with van der Waals surface area (Å²) < 4.78 is 8.02. The Morgan fingerprint density at radius 1 is 1.55 bits per heavy atom. The molecule has 0 aliphatic heterocycles. The Morgan fingerprint density at radius 3 is 3.05 bits per heavy atom. The van der Waals surface area contributed by atoms with E-state index in [-0.39, 0.29) is 5.69 Å². The maximum Gasteiger partial charge on any atom is 0.344 e. The van der Waals surface area contributed by atoms with Gasteiger partial charge in [0.25, 0.3) is 0 Å². The van der Waals surface area contributed by atoms with E-state index in [2.05, 4.69) is 26.1 Å². The minimum absolute atomic E-state index is 0.111. The van der Waals surface area contributed by atoms with Gasteiger partial charge in [-0.15, -0.1) is 5.10 Å². The second-order valence-corrected chi connectivity index (χ2v) is 6.46. The van der Waals surface area contributed by atoms with Crippen LogP contribution in [0.3, 0.4) is 0 Å². The third kappa shape index (κ3) is 2.78. The standard InChI is InChI=1S/C13H14BrN3O2S/c1-19-10-4-5-11(14)8(6-10)7-20-13-16-15-12(18)17(13)9-2-3-9/h4-6,9H,2-3,7H2,1H3,(H,15,18). The fraction of sp³-hybridized carbons (Fsp3) is 0.385. The van der Waals surface area contributed by atoms with Crippen LogP contribution in [0.5, 0.6) is 5.75 Å². The SMILES string of the molecule is COc1ccc(Br)c(CSc2n[nH]c(=O)n2C2CC2)c1. The second-order valence-electron chi connectivity index (χ2n) is 4.66. The quantitative estimate of drug-likeness (QED) is 0.837. The first-order valence-electron chi connectivity index (χ1n) is 6.31. The molecular weight excluding hydrogens is 342 g/mol. The molecule has 0 unspecified atom stereocenters. The lowest BCUT2D eigenvalue weighted by Gasteiger charge is -2.07. The van der Waals surface area contributed by atoms with E-state index in [0.29, 0.717) is 6.04 Å². The summed E-state index contributed by atoms with van der Waals surface area (Å²) in [6.45, 7) is 0. The van der Waals surface area contributed by atoms with Crippen LogP contribution in [0.1, 0.15) is 24.4 Å². The lowest BCUT2D eigenvalue weighted by Crippen LogP contribution is -2.16. The number of rotatable bonds is 5. The van der Waals surface area contributed by atoms with Gasteiger partial charge >= 0.3 is 5.69 Å². The topological polar surface area (TPSA) is 59.9 Å². The minimum atomic E-state index is -0.111. The summed E-state index contributed by atoms with van der Waals surface area (Å²) in [6.07, 6.45) is 2.13. The van der Waals surface area contributed by atoms with Gasteiger partial charge in [-0.05, 0) is 36.6 Å². The van der Waals surface area contributed by atoms with E-state index in [4.69, 9.17) is 4.74 Å². The van der Waals surface area contributed by atoms with E-state index in [1.807, 2.05) is 18.2 Å². The molecule has 1 aliphatic rings. The summed E-state index contributed by atoms with van der Waals surface area (Å²) in [7, 11) is 1.65. The third-order valence-corrected chi connectivity index (χ3v) is 4.97. The second kappa shape index (κ2) is 5.65. The Bertz CT molecular complexity index is 678. The number of aromatic amines is 1. The maximum absolute atomic E-state index is 11.7. The van der Waals surface area contributed by atoms with Gasteiger partial charge in [0.05, 0.1) is 7.11 Å². The van der Waals surface area contributed by atoms with E-state index in [9.17, 15) is 4.79 Å². The summed E-state index contributed by atoms with van der Waals surface area (Å²) in [6, 6.07) is 6.20. The first-order chi connectivity index (χ1) is 9.69. The van der Waals surface area contributed by atoms with Gasteiger partial charge in [-0.1, -0.05) is 27.7 Å². The van der Waals surface area contributed by atoms with E-state index in [1.54, 1.807) is 23.4 Å². The number of hydrogen-bond donors (Lipinski definition) is 1. The van der Waals surface area contributed by atoms with Crippen molar-refractivity contribution in [1.29, 1.82) is 0 Å². The number of nitrogens with zero attached hydrogens (tertiary/aromatic N) is 2. The Hall–Kier alpha value is -1.21. The Labute approximate surface area is 128 Å². The van der Waals surface area contributed by atoms with Crippen LogP contribution in [0.4, 0.5) is 0 Å². The summed E-state index contributed by atoms with van der Waals surface area (Å²) >= 11 is 5.09. The number of nitrogens with one attached hydrogen (secondary N) is 1. The first-order valence-corrected chi connectivity index (χ1v) is 8.09. The van der Waals surface area contributed by atoms with Crippen LogP contribution in [-0.4, -0.2) is 21.9 Å². The zero-order valence-corrected chi connectivity index (χ0v) is 13.3. The lowest BCUT2D eigenvalue weighted by molar-refractivity contribution is 0.414. The molecule has 0 saturated heterocycles. The molecular formula is C13H14BrN3O2S. The van der Waals surface area contributed by atoms with Crippen LogP contribution in [0, 0.1) is 0 Å². The van der Waals surface area contributed by atoms with Crippen molar-refractivity contribution in [2.45, 2.75) is 29.8 Å². The van der Waals surface area contributed by atoms with Gasteiger partial charge in [0.2, 0.25) is 0 Å². The van der Waals surface area contributed by atoms with E-state index in [0.717, 1.165) is 39.5 Å². The molecule has 7 heteroatoms. The van der Waals surface area contributed by atoms with E-state index >= 15 is 0 Å². The normalized spacial score (nSPS) is 14.5. The van der Waals surface area contributed by atoms with Gasteiger partial charge in [0, 0.05) is 16.3 Å². The fourth-order valence-corrected chi connectivity index (χ4v) is 3.55. The molecule has 1 fully saturated rings. The molecule has 1 aromatic heterocycles. The highest BCUT2D eigenvalue weighted by Crippen LogP contribution is 2.37. The van der Waals surface area contributed by atoms with Gasteiger partial charge in [-0.2, -0.15) is 0 Å². The number of methoxy groups -OCH3 is 1. The summed E-state index contributed by atoms with van der Waals surface area (Å²) in [4.78, 5) is 11.7. The van der Waals surface area contributed by atoms with Gasteiger partial charge in [-0.3, -0.25) is 4.57 Å². The monoisotopic (exact) mass is 355 g/mol. The van der Waals surface area contributed by atoms with Gasteiger partial charge in [-0.25, -0.2) is 9.89 Å². The fourth-order valence-electron chi connectivity index (χ4n) is 1.98. The molecule has 1 aromatic carbocycles. The van der Waals surface area contributed by atoms with Crippen molar-refractivity contribution in [3.05, 3.63) is 38.7 Å². The predicted molar refractivity (Wildman–Crippen MR) is 81.4 cm³/mol. The van der Waals surface area contributed by atoms with Crippen LogP contribution in [0.2, 0.25) is 0 Å². The van der Waals surface area contributed by atoms with Crippen molar-refractivity contribution in [1.82, 2.24) is 14.8 Å². The number of ether oxygens (including phenoxy) is 1. The maximum atomic E-state index is 11.7. The predicted octanol–water partition coefficient (Wildman–Crippen LogP) is 2.97. The van der Waals surface area contributed by atoms with Gasteiger partial charge in [0.1, 0.15) is 5.75 Å². The van der Waals surface area contributed by atoms with E-state index in [1.165, 1.54) is 0 Å². The molecule has 1 aliphatic carbocycles. The van der Waals surface area contributed by atoms with Crippen molar-refractivity contribution in [3.8, 4) is 5.75 Å². The van der Waals surface area contributed by atoms with Crippen molar-refractivity contribution >= 4 is 27.7 Å². The molecule has 3 rings (SSSR count). The highest BCUT2D eigenvalue weighted by molar-refractivity contribution is 9.10. The van der Waals surface area contributed by atoms with Crippen LogP contribution >= 0.6 is 27.7 Å². The van der Waals surface area contributed by atoms with Crippen LogP contribution in [0.25, 0.3) is 0 Å². The minimum Gasteiger partial charge on any atom is -0.497 e. The molecule has 2 aromatic rings. The van der Waals surface area contributed by atoms with Crippen LogP contribution < -0.4 is 10.4 Å². The zero-order valence-electron chi connectivity index (χ0n) is 10.9. The molecule has 0 spiro atoms. The molecule has 1 N–H and O–H groups in total. The highest BCUT2D eigenvalue weighted by atomic mass is 79.9. The van der Waals surface area contributed by atoms with Crippen molar-refractivity contribution in [2.75, 3.05) is 7.11 Å². The number of hydrogen-bond acceptors (Lipinski definition) is 4. The first kappa shape index (κ1) is 13.8. The molecule has 1 heterocycles. The smallest absolute Gasteiger partial charge is 0.344 e. The number of benzene rings is 1. The zero-order chi connectivity index (χ0) is 14.1. The molecule has 0 bridgehead atoms. The average Bonchev–Trinajstić information content (AvgIpc) is 3.22. The van der Waals surface area contributed by atoms with Crippen molar-refractivity contribution < 1.29 is 4.74 Å². The Balaban J connectivity index is 1.78. The number of H-pyrrole nitrogens is 1. The van der Waals surface area contributed by atoms with Crippen molar-refractivity contribution in [2.24, 2.45) is 0 Å². The summed E-state index contributed by atoms with van der Waals surface area (Å²) in [5.41, 5.74) is 1.01. The molecule has 0 atom stereocenters. The molecule has 5 nitrogen and oxygen atoms in total. The summed E-state index contributed by atoms with van der Waals surface area (Å²) in [5.74, 6) is 1.56. The van der Waals surface area contributed by atoms with Crippen LogP contribution in [-0.2, 0) is 5.75 Å². The van der Waals surface area contributed by atoms with Crippen molar-refractivity contribution in [3.63, 3.8) is 0 Å². The molecule has 0 amide bonds. The molecule has 1 saturated carbocycles. The number of aromatic nitrogens is 3. The van der Waals surface area contributed by atoms with Gasteiger partial charge in [0.15, 0.2) is 5.16 Å². The molecule has 0 radical (unpaired) electrons. The number of thioether (sulfide) groups is 1. The molecule has 20 heavy (non-hydrogen) atoms. The van der Waals surface area contributed by atoms with Gasteiger partial charge < -0.3 is 4.74 Å². The Morgan fingerprint density at radius 2 is 2.35 bits per heavy atom. The summed E-state index contributed by atoms with van der Waals surface area (Å²) in [5, 5.41) is 7.40. The average molecular weight is 356 g/mol. The largest absolute Gasteiger partial charge is 0.497 e. The Kier molecular flexibility index (Phi) is 3.89. The van der Waals surface area contributed by atoms with E-state index < -0.39 is 0 Å².